The fourth-order valence-corrected chi connectivity index (χ4v) is 4.84. The molecule has 186 valence electrons. The summed E-state index contributed by atoms with van der Waals surface area (Å²) in [6.07, 6.45) is 7.72. The van der Waals surface area contributed by atoms with Gasteiger partial charge in [0.15, 0.2) is 0 Å². The number of fused-ring (bicyclic) bond motifs is 1. The van der Waals surface area contributed by atoms with Gasteiger partial charge in [-0.1, -0.05) is 27.2 Å². The lowest BCUT2D eigenvalue weighted by atomic mass is 9.78. The van der Waals surface area contributed by atoms with Crippen LogP contribution in [0.4, 0.5) is 8.78 Å². The molecule has 4 heteroatoms. The van der Waals surface area contributed by atoms with Crippen LogP contribution in [0.5, 0.6) is 0 Å². The molecule has 1 saturated heterocycles. The molecule has 0 spiro atoms. The van der Waals surface area contributed by atoms with Gasteiger partial charge in [-0.25, -0.2) is 8.78 Å². The Balaban J connectivity index is 0.000000289. The Morgan fingerprint density at radius 1 is 1.00 bits per heavy atom. The molecule has 2 aromatic carbocycles. The topological polar surface area (TPSA) is 19.0 Å². The molecule has 0 radical (unpaired) electrons. The van der Waals surface area contributed by atoms with Gasteiger partial charge in [0.05, 0.1) is 11.2 Å². The second-order valence-corrected chi connectivity index (χ2v) is 9.37. The molecule has 3 aromatic rings. The molecule has 1 N–H and O–H groups in total. The molecule has 2 fully saturated rings. The number of aromatic nitrogens is 1. The first kappa shape index (κ1) is 27.8. The maximum Gasteiger partial charge on any atom is 0.147 e. The van der Waals surface area contributed by atoms with Crippen molar-refractivity contribution in [2.45, 2.75) is 65.7 Å². The van der Waals surface area contributed by atoms with E-state index in [2.05, 4.69) is 43.1 Å². The highest BCUT2D eigenvalue weighted by atomic mass is 19.1. The first-order chi connectivity index (χ1) is 16.0. The Bertz CT molecular complexity index is 1030. The third kappa shape index (κ3) is 6.35. The molecule has 1 aliphatic carbocycles. The fourth-order valence-electron chi connectivity index (χ4n) is 4.84. The molecule has 1 aliphatic heterocycles. The second-order valence-electron chi connectivity index (χ2n) is 9.37. The van der Waals surface area contributed by atoms with Crippen LogP contribution in [-0.4, -0.2) is 30.0 Å². The van der Waals surface area contributed by atoms with E-state index in [0.717, 1.165) is 41.0 Å². The van der Waals surface area contributed by atoms with Crippen LogP contribution < -0.4 is 0 Å². The van der Waals surface area contributed by atoms with E-state index in [-0.39, 0.29) is 19.1 Å². The van der Waals surface area contributed by atoms with Gasteiger partial charge in [0.2, 0.25) is 0 Å². The summed E-state index contributed by atoms with van der Waals surface area (Å²) in [4.78, 5) is 5.67. The summed E-state index contributed by atoms with van der Waals surface area (Å²) in [5.41, 5.74) is 4.53. The molecule has 0 unspecified atom stereocenters. The van der Waals surface area contributed by atoms with Crippen molar-refractivity contribution in [2.75, 3.05) is 20.1 Å². The maximum atomic E-state index is 14.3. The number of aromatic amines is 1. The van der Waals surface area contributed by atoms with Crippen molar-refractivity contribution in [2.24, 2.45) is 5.92 Å². The van der Waals surface area contributed by atoms with E-state index in [9.17, 15) is 8.78 Å². The highest BCUT2D eigenvalue weighted by molar-refractivity contribution is 5.92. The molecule has 1 aromatic heterocycles. The molecular weight excluding hydrogens is 426 g/mol. The van der Waals surface area contributed by atoms with Crippen molar-refractivity contribution >= 4 is 10.9 Å². The van der Waals surface area contributed by atoms with Gasteiger partial charge >= 0.3 is 0 Å². The maximum absolute atomic E-state index is 14.3. The predicted octanol–water partition coefficient (Wildman–Crippen LogP) is 8.87. The number of likely N-dealkylation sites (tertiary alicyclic amines) is 1. The van der Waals surface area contributed by atoms with E-state index in [1.54, 1.807) is 18.2 Å². The van der Waals surface area contributed by atoms with Gasteiger partial charge < -0.3 is 9.88 Å². The van der Waals surface area contributed by atoms with Gasteiger partial charge in [-0.3, -0.25) is 0 Å². The third-order valence-electron chi connectivity index (χ3n) is 7.11. The fraction of sp³-hybridized carbons (Fsp3) is 0.467. The molecule has 0 atom stereocenters. The SMILES string of the molecule is C.C=C.CCC1CCN(C)CC1.Cc1cc(F)c2[nH]c(-c3ccc(F)cc3)c(C3CCC3)c2c1. The molecule has 2 aliphatic rings. The van der Waals surface area contributed by atoms with Crippen molar-refractivity contribution in [1.29, 1.82) is 0 Å². The highest BCUT2D eigenvalue weighted by Gasteiger charge is 2.27. The van der Waals surface area contributed by atoms with E-state index >= 15 is 0 Å². The summed E-state index contributed by atoms with van der Waals surface area (Å²) in [6.45, 7) is 12.9. The largest absolute Gasteiger partial charge is 0.352 e. The second kappa shape index (κ2) is 12.9. The lowest BCUT2D eigenvalue weighted by Crippen LogP contribution is -2.29. The van der Waals surface area contributed by atoms with E-state index in [1.807, 2.05) is 6.92 Å². The molecule has 2 nitrogen and oxygen atoms in total. The molecule has 0 bridgehead atoms. The molecule has 0 amide bonds. The number of H-pyrrole nitrogens is 1. The Morgan fingerprint density at radius 3 is 2.15 bits per heavy atom. The number of hydrogen-bond donors (Lipinski definition) is 1. The van der Waals surface area contributed by atoms with Crippen LogP contribution in [0.1, 0.15) is 69.9 Å². The number of piperidine rings is 1. The van der Waals surface area contributed by atoms with Crippen molar-refractivity contribution in [1.82, 2.24) is 9.88 Å². The van der Waals surface area contributed by atoms with Gasteiger partial charge in [0, 0.05) is 5.39 Å². The van der Waals surface area contributed by atoms with Crippen LogP contribution in [0.15, 0.2) is 49.6 Å². The minimum Gasteiger partial charge on any atom is -0.352 e. The molecule has 1 saturated carbocycles. The normalized spacial score (nSPS) is 16.5. The predicted molar refractivity (Wildman–Crippen MR) is 143 cm³/mol. The van der Waals surface area contributed by atoms with E-state index < -0.39 is 0 Å². The number of nitrogens with one attached hydrogen (secondary N) is 1. The third-order valence-corrected chi connectivity index (χ3v) is 7.11. The van der Waals surface area contributed by atoms with Crippen LogP contribution in [0.2, 0.25) is 0 Å². The smallest absolute Gasteiger partial charge is 0.147 e. The molecule has 34 heavy (non-hydrogen) atoms. The Morgan fingerprint density at radius 2 is 1.62 bits per heavy atom. The van der Waals surface area contributed by atoms with Gasteiger partial charge in [0.1, 0.15) is 11.6 Å². The van der Waals surface area contributed by atoms with Crippen LogP contribution in [0.25, 0.3) is 22.2 Å². The van der Waals surface area contributed by atoms with Crippen LogP contribution in [0, 0.1) is 24.5 Å². The quantitative estimate of drug-likeness (QED) is 0.380. The lowest BCUT2D eigenvalue weighted by Gasteiger charge is -2.27. The van der Waals surface area contributed by atoms with Gasteiger partial charge in [-0.05, 0) is 118 Å². The summed E-state index contributed by atoms with van der Waals surface area (Å²) >= 11 is 0. The number of halogens is 2. The van der Waals surface area contributed by atoms with Gasteiger partial charge in [-0.15, -0.1) is 13.2 Å². The average molecular weight is 469 g/mol. The lowest BCUT2D eigenvalue weighted by molar-refractivity contribution is 0.216. The summed E-state index contributed by atoms with van der Waals surface area (Å²) in [5.74, 6) is 1.02. The standard InChI is InChI=1S/C19H17F2N.C8H17N.C2H4.CH4/c1-11-9-15-17(12-3-2-4-12)18(22-19(15)16(21)10-11)13-5-7-14(20)8-6-13;1-3-8-4-6-9(2)7-5-8;1-2;/h5-10,12,22H,2-4H2,1H3;8H,3-7H2,1-2H3;1-2H2;1H4. The van der Waals surface area contributed by atoms with Gasteiger partial charge in [-0.2, -0.15) is 0 Å². The van der Waals surface area contributed by atoms with Crippen LogP contribution in [0.3, 0.4) is 0 Å². The summed E-state index contributed by atoms with van der Waals surface area (Å²) in [5, 5.41) is 0.974. The minimum atomic E-state index is -0.257. The van der Waals surface area contributed by atoms with E-state index in [1.165, 1.54) is 56.5 Å². The summed E-state index contributed by atoms with van der Waals surface area (Å²) < 4.78 is 27.5. The zero-order valence-electron chi connectivity index (χ0n) is 20.4. The van der Waals surface area contributed by atoms with Crippen molar-refractivity contribution in [3.8, 4) is 11.3 Å². The number of rotatable bonds is 3. The Kier molecular flexibility index (Phi) is 10.5. The van der Waals surface area contributed by atoms with Crippen molar-refractivity contribution in [3.63, 3.8) is 0 Å². The number of benzene rings is 2. The Hall–Kier alpha value is -2.46. The van der Waals surface area contributed by atoms with Crippen LogP contribution in [-0.2, 0) is 0 Å². The number of nitrogens with zero attached hydrogens (tertiary/aromatic N) is 1. The zero-order valence-corrected chi connectivity index (χ0v) is 20.4. The minimum absolute atomic E-state index is 0. The zero-order chi connectivity index (χ0) is 24.0. The molecular formula is C30H42F2N2. The summed E-state index contributed by atoms with van der Waals surface area (Å²) in [6, 6.07) is 10.0. The summed E-state index contributed by atoms with van der Waals surface area (Å²) in [7, 11) is 2.21. The number of hydrogen-bond acceptors (Lipinski definition) is 1. The van der Waals surface area contributed by atoms with Crippen molar-refractivity contribution < 1.29 is 8.78 Å². The van der Waals surface area contributed by atoms with Crippen LogP contribution >= 0.6 is 0 Å². The first-order valence-corrected chi connectivity index (χ1v) is 12.2. The monoisotopic (exact) mass is 468 g/mol. The molecule has 2 heterocycles. The average Bonchev–Trinajstić information content (AvgIpc) is 3.15. The Labute approximate surface area is 205 Å². The van der Waals surface area contributed by atoms with E-state index in [4.69, 9.17) is 0 Å². The van der Waals surface area contributed by atoms with Gasteiger partial charge in [0.25, 0.3) is 0 Å². The first-order valence-electron chi connectivity index (χ1n) is 12.2. The highest BCUT2D eigenvalue weighted by Crippen LogP contribution is 2.45. The number of aryl methyl sites for hydroxylation is 1. The van der Waals surface area contributed by atoms with Crippen molar-refractivity contribution in [3.05, 3.63) is 72.3 Å². The molecule has 5 rings (SSSR count). The van der Waals surface area contributed by atoms with E-state index in [0.29, 0.717) is 11.4 Å².